The quantitative estimate of drug-likeness (QED) is 0.308. The first kappa shape index (κ1) is 10.6. The van der Waals surface area contributed by atoms with E-state index in [-0.39, 0.29) is 0 Å². The van der Waals surface area contributed by atoms with E-state index in [1.165, 1.54) is 0 Å². The van der Waals surface area contributed by atoms with E-state index in [2.05, 4.69) is 10.0 Å². The van der Waals surface area contributed by atoms with Gasteiger partial charge in [-0.1, -0.05) is 29.4 Å². The van der Waals surface area contributed by atoms with Crippen LogP contribution in [0.1, 0.15) is 5.56 Å². The molecule has 0 aromatic heterocycles. The monoisotopic (exact) mass is 191 g/mol. The van der Waals surface area contributed by atoms with Crippen LogP contribution in [0.4, 0.5) is 0 Å². The van der Waals surface area contributed by atoms with Gasteiger partial charge in [-0.05, 0) is 23.0 Å². The van der Waals surface area contributed by atoms with Crippen LogP contribution in [0, 0.1) is 0 Å². The van der Waals surface area contributed by atoms with Crippen molar-refractivity contribution in [1.29, 1.82) is 0 Å². The Hall–Kier alpha value is -1.49. The van der Waals surface area contributed by atoms with Gasteiger partial charge in [-0.3, -0.25) is 0 Å². The van der Waals surface area contributed by atoms with Crippen molar-refractivity contribution in [3.8, 4) is 0 Å². The van der Waals surface area contributed by atoms with Crippen LogP contribution < -0.4 is 5.46 Å². The van der Waals surface area contributed by atoms with E-state index in [1.54, 1.807) is 24.3 Å². The molecule has 0 unspecified atom stereocenters. The number of hydrogen-bond acceptors (Lipinski definition) is 3. The van der Waals surface area contributed by atoms with E-state index in [4.69, 9.17) is 15.6 Å². The maximum Gasteiger partial charge on any atom is 0.488 e. The zero-order chi connectivity index (χ0) is 10.4. The summed E-state index contributed by atoms with van der Waals surface area (Å²) in [7, 11) is -1.43. The minimum absolute atomic E-state index is 0.414. The van der Waals surface area contributed by atoms with Crippen LogP contribution in [-0.4, -0.2) is 23.7 Å². The molecule has 0 bridgehead atoms. The Morgan fingerprint density at radius 2 is 1.93 bits per heavy atom. The lowest BCUT2D eigenvalue weighted by Crippen LogP contribution is -2.29. The predicted molar refractivity (Wildman–Crippen MR) is 54.0 cm³/mol. The van der Waals surface area contributed by atoms with Gasteiger partial charge in [0.1, 0.15) is 0 Å². The van der Waals surface area contributed by atoms with Crippen LogP contribution in [0.15, 0.2) is 29.4 Å². The first-order valence-corrected chi connectivity index (χ1v) is 4.20. The minimum atomic E-state index is -1.43. The first-order valence-electron chi connectivity index (χ1n) is 4.20. The largest absolute Gasteiger partial charge is 0.488 e. The van der Waals surface area contributed by atoms with Crippen molar-refractivity contribution in [2.24, 2.45) is 5.11 Å². The lowest BCUT2D eigenvalue weighted by Gasteiger charge is -2.01. The van der Waals surface area contributed by atoms with E-state index in [9.17, 15) is 0 Å². The fraction of sp³-hybridized carbons (Fsp3) is 0.250. The molecule has 0 aliphatic rings. The molecule has 0 amide bonds. The molecule has 72 valence electrons. The maximum atomic E-state index is 8.82. The Morgan fingerprint density at radius 1 is 1.29 bits per heavy atom. The van der Waals surface area contributed by atoms with Crippen molar-refractivity contribution >= 4 is 12.6 Å². The van der Waals surface area contributed by atoms with Gasteiger partial charge in [-0.15, -0.1) is 0 Å². The summed E-state index contributed by atoms with van der Waals surface area (Å²) in [5.41, 5.74) is 9.51. The number of hydrogen-bond donors (Lipinski definition) is 2. The Balaban J connectivity index is 2.59. The Labute approximate surface area is 81.8 Å². The summed E-state index contributed by atoms with van der Waals surface area (Å²) in [6.07, 6.45) is 0.659. The zero-order valence-corrected chi connectivity index (χ0v) is 7.54. The van der Waals surface area contributed by atoms with E-state index in [0.29, 0.717) is 18.4 Å². The highest BCUT2D eigenvalue weighted by Crippen LogP contribution is 1.98. The summed E-state index contributed by atoms with van der Waals surface area (Å²) >= 11 is 0. The van der Waals surface area contributed by atoms with E-state index >= 15 is 0 Å². The topological polar surface area (TPSA) is 89.2 Å². The van der Waals surface area contributed by atoms with E-state index in [0.717, 1.165) is 5.56 Å². The highest BCUT2D eigenvalue weighted by atomic mass is 16.4. The van der Waals surface area contributed by atoms with Gasteiger partial charge in [0.05, 0.1) is 0 Å². The van der Waals surface area contributed by atoms with Gasteiger partial charge < -0.3 is 10.0 Å². The number of benzene rings is 1. The number of rotatable bonds is 4. The first-order chi connectivity index (χ1) is 6.74. The fourth-order valence-electron chi connectivity index (χ4n) is 1.08. The van der Waals surface area contributed by atoms with Crippen LogP contribution in [0.2, 0.25) is 0 Å². The molecule has 1 aromatic carbocycles. The average Bonchev–Trinajstić information content (AvgIpc) is 2.19. The molecule has 0 fully saturated rings. The minimum Gasteiger partial charge on any atom is -0.423 e. The summed E-state index contributed by atoms with van der Waals surface area (Å²) in [6.45, 7) is 0.414. The van der Waals surface area contributed by atoms with Crippen molar-refractivity contribution in [3.05, 3.63) is 40.3 Å². The summed E-state index contributed by atoms with van der Waals surface area (Å²) in [4.78, 5) is 2.64. The lowest BCUT2D eigenvalue weighted by molar-refractivity contribution is 0.426. The second-order valence-corrected chi connectivity index (χ2v) is 2.82. The second-order valence-electron chi connectivity index (χ2n) is 2.82. The van der Waals surface area contributed by atoms with Crippen molar-refractivity contribution < 1.29 is 10.0 Å². The zero-order valence-electron chi connectivity index (χ0n) is 7.54. The number of nitrogens with zero attached hydrogens (tertiary/aromatic N) is 3. The second kappa shape index (κ2) is 5.29. The molecular formula is C8H10BN3O2. The van der Waals surface area contributed by atoms with Gasteiger partial charge >= 0.3 is 7.12 Å². The van der Waals surface area contributed by atoms with Gasteiger partial charge in [-0.2, -0.15) is 0 Å². The molecule has 0 aliphatic heterocycles. The molecule has 0 saturated heterocycles. The molecule has 0 radical (unpaired) electrons. The molecule has 0 spiro atoms. The molecule has 0 heterocycles. The Kier molecular flexibility index (Phi) is 4.00. The summed E-state index contributed by atoms with van der Waals surface area (Å²) in [5.74, 6) is 0. The Morgan fingerprint density at radius 3 is 2.43 bits per heavy atom. The molecular weight excluding hydrogens is 181 g/mol. The van der Waals surface area contributed by atoms with Crippen molar-refractivity contribution in [3.63, 3.8) is 0 Å². The molecule has 0 saturated carbocycles. The molecule has 0 aliphatic carbocycles. The Bertz CT molecular complexity index is 333. The third-order valence-corrected chi connectivity index (χ3v) is 1.84. The van der Waals surface area contributed by atoms with Gasteiger partial charge in [0.2, 0.25) is 0 Å². The van der Waals surface area contributed by atoms with Gasteiger partial charge in [0.25, 0.3) is 0 Å². The molecule has 0 atom stereocenters. The van der Waals surface area contributed by atoms with Crippen LogP contribution >= 0.6 is 0 Å². The van der Waals surface area contributed by atoms with Gasteiger partial charge in [0, 0.05) is 11.5 Å². The van der Waals surface area contributed by atoms with Gasteiger partial charge in [0.15, 0.2) is 0 Å². The standard InChI is InChI=1S/C8H10BN3O2/c10-12-11-6-5-7-1-3-8(4-2-7)9(13)14/h1-4,13-14H,5-6H2. The maximum absolute atomic E-state index is 8.82. The van der Waals surface area contributed by atoms with Crippen LogP contribution in [0.5, 0.6) is 0 Å². The summed E-state index contributed by atoms with van der Waals surface area (Å²) in [6, 6.07) is 6.83. The summed E-state index contributed by atoms with van der Waals surface area (Å²) in [5, 5.41) is 21.0. The smallest absolute Gasteiger partial charge is 0.423 e. The molecule has 5 nitrogen and oxygen atoms in total. The van der Waals surface area contributed by atoms with Crippen LogP contribution in [0.25, 0.3) is 10.4 Å². The molecule has 1 aromatic rings. The van der Waals surface area contributed by atoms with Crippen LogP contribution in [0.3, 0.4) is 0 Å². The third-order valence-electron chi connectivity index (χ3n) is 1.84. The van der Waals surface area contributed by atoms with Crippen molar-refractivity contribution in [2.75, 3.05) is 6.54 Å². The normalized spacial score (nSPS) is 9.29. The highest BCUT2D eigenvalue weighted by molar-refractivity contribution is 6.58. The lowest BCUT2D eigenvalue weighted by atomic mass is 9.80. The molecule has 1 rings (SSSR count). The fourth-order valence-corrected chi connectivity index (χ4v) is 1.08. The molecule has 14 heavy (non-hydrogen) atoms. The third kappa shape index (κ3) is 3.10. The average molecular weight is 191 g/mol. The molecule has 6 heteroatoms. The SMILES string of the molecule is [N-]=[N+]=NCCc1ccc(B(O)O)cc1. The highest BCUT2D eigenvalue weighted by Gasteiger charge is 2.09. The predicted octanol–water partition coefficient (Wildman–Crippen LogP) is 0.219. The summed E-state index contributed by atoms with van der Waals surface area (Å²) < 4.78 is 0. The van der Waals surface area contributed by atoms with Gasteiger partial charge in [-0.25, -0.2) is 0 Å². The van der Waals surface area contributed by atoms with E-state index < -0.39 is 7.12 Å². The van der Waals surface area contributed by atoms with Crippen molar-refractivity contribution in [1.82, 2.24) is 0 Å². The molecule has 2 N–H and O–H groups in total. The van der Waals surface area contributed by atoms with E-state index in [1.807, 2.05) is 0 Å². The van der Waals surface area contributed by atoms with Crippen molar-refractivity contribution in [2.45, 2.75) is 6.42 Å². The number of azide groups is 1. The van der Waals surface area contributed by atoms with Crippen LogP contribution in [-0.2, 0) is 6.42 Å².